The number of methoxy groups -OCH3 is 2. The number of thiophene rings is 1. The quantitative estimate of drug-likeness (QED) is 0.414. The predicted octanol–water partition coefficient (Wildman–Crippen LogP) is 4.21. The first-order valence-corrected chi connectivity index (χ1v) is 12.5. The predicted molar refractivity (Wildman–Crippen MR) is 136 cm³/mol. The van der Waals surface area contributed by atoms with Gasteiger partial charge in [0.05, 0.1) is 32.5 Å². The number of benzene rings is 2. The van der Waals surface area contributed by atoms with Gasteiger partial charge in [0, 0.05) is 10.9 Å². The van der Waals surface area contributed by atoms with Crippen LogP contribution in [-0.2, 0) is 25.8 Å². The Morgan fingerprint density at radius 2 is 2.03 bits per heavy atom. The number of hydrogen-bond donors (Lipinski definition) is 1. The van der Waals surface area contributed by atoms with Gasteiger partial charge in [-0.25, -0.2) is 4.98 Å². The van der Waals surface area contributed by atoms with Gasteiger partial charge in [0.1, 0.15) is 16.3 Å². The fraction of sp³-hybridized carbons (Fsp3) is 0.333. The molecule has 0 fully saturated rings. The molecule has 6 nitrogen and oxygen atoms in total. The van der Waals surface area contributed by atoms with Crippen LogP contribution in [0.4, 0.5) is 0 Å². The Labute approximate surface area is 203 Å². The summed E-state index contributed by atoms with van der Waals surface area (Å²) < 4.78 is 12.5. The summed E-state index contributed by atoms with van der Waals surface area (Å²) in [4.78, 5) is 20.2. The summed E-state index contributed by atoms with van der Waals surface area (Å²) in [5.41, 5.74) is 3.48. The maximum Gasteiger partial charge on any atom is 0.262 e. The van der Waals surface area contributed by atoms with Gasteiger partial charge in [-0.1, -0.05) is 30.3 Å². The molecule has 1 N–H and O–H groups in total. The van der Waals surface area contributed by atoms with Gasteiger partial charge in [-0.05, 0) is 67.1 Å². The lowest BCUT2D eigenvalue weighted by Gasteiger charge is -2.23. The van der Waals surface area contributed by atoms with Gasteiger partial charge in [0.2, 0.25) is 0 Å². The Bertz CT molecular complexity index is 1360. The molecule has 0 amide bonds. The number of rotatable bonds is 8. The van der Waals surface area contributed by atoms with Gasteiger partial charge in [-0.3, -0.25) is 9.36 Å². The molecule has 5 rings (SSSR count). The zero-order chi connectivity index (χ0) is 23.5. The minimum Gasteiger partial charge on any atom is -0.497 e. The van der Waals surface area contributed by atoms with Crippen molar-refractivity contribution in [3.8, 4) is 11.5 Å². The Morgan fingerprint density at radius 1 is 1.15 bits per heavy atom. The molecule has 2 aromatic carbocycles. The molecule has 0 radical (unpaired) electrons. The average Bonchev–Trinajstić information content (AvgIpc) is 3.24. The van der Waals surface area contributed by atoms with Crippen molar-refractivity contribution < 1.29 is 9.47 Å². The third kappa shape index (κ3) is 4.58. The number of fused-ring (bicyclic) bond motifs is 3. The lowest BCUT2D eigenvalue weighted by atomic mass is 9.93. The zero-order valence-electron chi connectivity index (χ0n) is 19.5. The Morgan fingerprint density at radius 3 is 2.88 bits per heavy atom. The second-order valence-electron chi connectivity index (χ2n) is 8.67. The Hall–Kier alpha value is -3.16. The van der Waals surface area contributed by atoms with Crippen LogP contribution in [0, 0.1) is 0 Å². The summed E-state index contributed by atoms with van der Waals surface area (Å²) in [7, 11) is 3.37. The summed E-state index contributed by atoms with van der Waals surface area (Å²) >= 11 is 1.67. The Balaban J connectivity index is 1.30. The molecular formula is C27H29N3O3S. The molecule has 0 spiro atoms. The van der Waals surface area contributed by atoms with E-state index in [1.807, 2.05) is 36.4 Å². The largest absolute Gasteiger partial charge is 0.497 e. The Kier molecular flexibility index (Phi) is 6.65. The lowest BCUT2D eigenvalue weighted by molar-refractivity contribution is 0.407. The van der Waals surface area contributed by atoms with E-state index in [9.17, 15) is 4.79 Å². The van der Waals surface area contributed by atoms with Gasteiger partial charge in [-0.2, -0.15) is 0 Å². The molecule has 7 heteroatoms. The van der Waals surface area contributed by atoms with Crippen LogP contribution in [0.25, 0.3) is 10.2 Å². The highest BCUT2D eigenvalue weighted by Crippen LogP contribution is 2.33. The van der Waals surface area contributed by atoms with Gasteiger partial charge >= 0.3 is 0 Å². The second kappa shape index (κ2) is 9.99. The highest BCUT2D eigenvalue weighted by molar-refractivity contribution is 7.18. The number of ether oxygens (including phenoxy) is 2. The maximum absolute atomic E-state index is 13.4. The van der Waals surface area contributed by atoms with Gasteiger partial charge in [0.25, 0.3) is 5.56 Å². The highest BCUT2D eigenvalue weighted by atomic mass is 32.1. The van der Waals surface area contributed by atoms with E-state index in [0.29, 0.717) is 12.6 Å². The van der Waals surface area contributed by atoms with E-state index in [1.165, 1.54) is 16.0 Å². The molecule has 1 unspecified atom stereocenters. The van der Waals surface area contributed by atoms with Crippen molar-refractivity contribution in [2.75, 3.05) is 20.8 Å². The SMILES string of the molecule is COc1cccc(Cn2cnc3sc4c(c3c2=O)CCC(NCCc2ccccc2OC)C4)c1. The van der Waals surface area contributed by atoms with Crippen LogP contribution in [0.2, 0.25) is 0 Å². The van der Waals surface area contributed by atoms with Crippen LogP contribution >= 0.6 is 11.3 Å². The molecule has 0 aliphatic heterocycles. The smallest absolute Gasteiger partial charge is 0.262 e. The summed E-state index contributed by atoms with van der Waals surface area (Å²) in [5, 5.41) is 4.52. The van der Waals surface area contributed by atoms with Crippen LogP contribution in [0.3, 0.4) is 0 Å². The van der Waals surface area contributed by atoms with Crippen molar-refractivity contribution in [3.05, 3.63) is 86.8 Å². The molecule has 0 saturated carbocycles. The lowest BCUT2D eigenvalue weighted by Crippen LogP contribution is -2.35. The molecule has 4 aromatic rings. The molecular weight excluding hydrogens is 446 g/mol. The molecule has 34 heavy (non-hydrogen) atoms. The first-order chi connectivity index (χ1) is 16.7. The second-order valence-corrected chi connectivity index (χ2v) is 9.75. The van der Waals surface area contributed by atoms with E-state index in [1.54, 1.807) is 36.5 Å². The number of nitrogens with zero attached hydrogens (tertiary/aromatic N) is 2. The normalized spacial score (nSPS) is 15.3. The third-order valence-corrected chi connectivity index (χ3v) is 7.71. The van der Waals surface area contributed by atoms with E-state index in [2.05, 4.69) is 22.4 Å². The van der Waals surface area contributed by atoms with Gasteiger partial charge in [-0.15, -0.1) is 11.3 Å². The van der Waals surface area contributed by atoms with E-state index >= 15 is 0 Å². The number of aromatic nitrogens is 2. The van der Waals surface area contributed by atoms with Crippen molar-refractivity contribution in [3.63, 3.8) is 0 Å². The molecule has 1 aliphatic rings. The minimum atomic E-state index is 0.0490. The van der Waals surface area contributed by atoms with Crippen molar-refractivity contribution in [2.45, 2.75) is 38.3 Å². The van der Waals surface area contributed by atoms with Crippen molar-refractivity contribution in [2.24, 2.45) is 0 Å². The topological polar surface area (TPSA) is 65.4 Å². The van der Waals surface area contributed by atoms with Crippen LogP contribution in [-0.4, -0.2) is 36.4 Å². The minimum absolute atomic E-state index is 0.0490. The standard InChI is InChI=1S/C27H29N3O3S/c1-32-21-8-5-6-18(14-21)16-30-17-29-26-25(27(30)31)22-11-10-20(15-24(22)34-26)28-13-12-19-7-3-4-9-23(19)33-2/h3-9,14,17,20,28H,10-13,15-16H2,1-2H3. The monoisotopic (exact) mass is 475 g/mol. The zero-order valence-corrected chi connectivity index (χ0v) is 20.4. The number of hydrogen-bond acceptors (Lipinski definition) is 6. The molecule has 1 atom stereocenters. The van der Waals surface area contributed by atoms with Crippen molar-refractivity contribution in [1.82, 2.24) is 14.9 Å². The molecule has 2 aromatic heterocycles. The summed E-state index contributed by atoms with van der Waals surface area (Å²) in [6, 6.07) is 16.4. The van der Waals surface area contributed by atoms with E-state index in [0.717, 1.165) is 59.5 Å². The number of para-hydroxylation sites is 1. The van der Waals surface area contributed by atoms with Crippen LogP contribution in [0.15, 0.2) is 59.7 Å². The van der Waals surface area contributed by atoms with Crippen molar-refractivity contribution in [1.29, 1.82) is 0 Å². The highest BCUT2D eigenvalue weighted by Gasteiger charge is 2.25. The first kappa shape index (κ1) is 22.6. The van der Waals surface area contributed by atoms with E-state index in [4.69, 9.17) is 9.47 Å². The fourth-order valence-electron chi connectivity index (χ4n) is 4.78. The molecule has 0 saturated heterocycles. The van der Waals surface area contributed by atoms with E-state index < -0.39 is 0 Å². The van der Waals surface area contributed by atoms with Crippen LogP contribution in [0.5, 0.6) is 11.5 Å². The molecule has 176 valence electrons. The van der Waals surface area contributed by atoms with Crippen molar-refractivity contribution >= 4 is 21.6 Å². The van der Waals surface area contributed by atoms with Crippen LogP contribution in [0.1, 0.15) is 28.0 Å². The third-order valence-electron chi connectivity index (χ3n) is 6.54. The van der Waals surface area contributed by atoms with E-state index in [-0.39, 0.29) is 5.56 Å². The fourth-order valence-corrected chi connectivity index (χ4v) is 6.03. The number of aryl methyl sites for hydroxylation is 1. The first-order valence-electron chi connectivity index (χ1n) is 11.6. The summed E-state index contributed by atoms with van der Waals surface area (Å²) in [6.07, 6.45) is 5.47. The number of nitrogens with one attached hydrogen (secondary N) is 1. The van der Waals surface area contributed by atoms with Gasteiger partial charge in [0.15, 0.2) is 0 Å². The summed E-state index contributed by atoms with van der Waals surface area (Å²) in [5.74, 6) is 1.73. The summed E-state index contributed by atoms with van der Waals surface area (Å²) in [6.45, 7) is 1.38. The van der Waals surface area contributed by atoms with Crippen LogP contribution < -0.4 is 20.3 Å². The molecule has 1 aliphatic carbocycles. The molecule has 0 bridgehead atoms. The maximum atomic E-state index is 13.4. The molecule has 2 heterocycles. The average molecular weight is 476 g/mol. The van der Waals surface area contributed by atoms with Gasteiger partial charge < -0.3 is 14.8 Å².